The highest BCUT2D eigenvalue weighted by Gasteiger charge is 2.17. The van der Waals surface area contributed by atoms with Crippen molar-refractivity contribution in [1.82, 2.24) is 9.88 Å². The number of pyridine rings is 1. The van der Waals surface area contributed by atoms with Gasteiger partial charge in [-0.05, 0) is 24.4 Å². The van der Waals surface area contributed by atoms with Crippen molar-refractivity contribution < 1.29 is 4.79 Å². The lowest BCUT2D eigenvalue weighted by molar-refractivity contribution is 0.0742. The van der Waals surface area contributed by atoms with E-state index in [4.69, 9.17) is 5.73 Å². The van der Waals surface area contributed by atoms with Crippen molar-refractivity contribution in [3.63, 3.8) is 0 Å². The number of rotatable bonds is 3. The Morgan fingerprint density at radius 1 is 1.42 bits per heavy atom. The molecular weight excluding hydrogens is 242 g/mol. The number of fused-ring (bicyclic) bond motifs is 1. The fourth-order valence-corrected chi connectivity index (χ4v) is 1.87. The largest absolute Gasteiger partial charge is 0.336 e. The lowest BCUT2D eigenvalue weighted by Gasteiger charge is -2.23. The molecule has 0 bridgehead atoms. The van der Waals surface area contributed by atoms with E-state index in [9.17, 15) is 9.59 Å². The van der Waals surface area contributed by atoms with Gasteiger partial charge in [0.15, 0.2) is 0 Å². The van der Waals surface area contributed by atoms with Gasteiger partial charge in [0.25, 0.3) is 11.5 Å². The van der Waals surface area contributed by atoms with Crippen molar-refractivity contribution in [3.8, 4) is 0 Å². The average molecular weight is 259 g/mol. The third-order valence-corrected chi connectivity index (χ3v) is 3.31. The Balaban J connectivity index is 2.46. The number of H-pyrrole nitrogens is 1. The van der Waals surface area contributed by atoms with Gasteiger partial charge in [0.1, 0.15) is 5.69 Å². The van der Waals surface area contributed by atoms with E-state index in [1.165, 1.54) is 4.90 Å². The lowest BCUT2D eigenvalue weighted by Crippen LogP contribution is -2.40. The smallest absolute Gasteiger partial charge is 0.270 e. The highest BCUT2D eigenvalue weighted by atomic mass is 16.2. The quantitative estimate of drug-likeness (QED) is 0.861. The van der Waals surface area contributed by atoms with Gasteiger partial charge in [0.05, 0.1) is 0 Å². The van der Waals surface area contributed by atoms with Crippen LogP contribution in [0.4, 0.5) is 0 Å². The van der Waals surface area contributed by atoms with E-state index < -0.39 is 0 Å². The third kappa shape index (κ3) is 2.51. The van der Waals surface area contributed by atoms with Crippen LogP contribution in [0, 0.1) is 0 Å². The summed E-state index contributed by atoms with van der Waals surface area (Å²) in [6.07, 6.45) is 0. The van der Waals surface area contributed by atoms with E-state index in [0.717, 1.165) is 5.39 Å². The van der Waals surface area contributed by atoms with E-state index in [2.05, 4.69) is 4.98 Å². The lowest BCUT2D eigenvalue weighted by atomic mass is 10.1. The van der Waals surface area contributed by atoms with Gasteiger partial charge in [-0.25, -0.2) is 0 Å². The van der Waals surface area contributed by atoms with Gasteiger partial charge in [-0.15, -0.1) is 0 Å². The number of hydrogen-bond donors (Lipinski definition) is 2. The van der Waals surface area contributed by atoms with Crippen molar-refractivity contribution in [2.45, 2.75) is 13.0 Å². The number of nitrogens with zero attached hydrogens (tertiary/aromatic N) is 1. The summed E-state index contributed by atoms with van der Waals surface area (Å²) in [6.45, 7) is 2.23. The molecule has 3 N–H and O–H groups in total. The van der Waals surface area contributed by atoms with Crippen LogP contribution >= 0.6 is 0 Å². The number of benzene rings is 1. The standard InChI is InChI=1S/C14H17N3O2/c1-9(8-15)17(2)14(19)12-7-10-5-3-4-6-11(10)13(18)16-12/h3-7,9H,8,15H2,1-2H3,(H,16,18). The first kappa shape index (κ1) is 13.3. The minimum absolute atomic E-state index is 0.0810. The summed E-state index contributed by atoms with van der Waals surface area (Å²) in [5, 5.41) is 1.33. The predicted octanol–water partition coefficient (Wildman–Crippen LogP) is 0.947. The van der Waals surface area contributed by atoms with E-state index in [0.29, 0.717) is 11.9 Å². The number of hydrogen-bond acceptors (Lipinski definition) is 3. The highest BCUT2D eigenvalue weighted by Crippen LogP contribution is 2.11. The van der Waals surface area contributed by atoms with Crippen LogP contribution in [0.3, 0.4) is 0 Å². The van der Waals surface area contributed by atoms with E-state index in [1.807, 2.05) is 19.1 Å². The average Bonchev–Trinajstić information content (AvgIpc) is 2.44. The Bertz CT molecular complexity index is 663. The molecule has 0 fully saturated rings. The summed E-state index contributed by atoms with van der Waals surface area (Å²) in [5.74, 6) is -0.235. The zero-order valence-corrected chi connectivity index (χ0v) is 11.0. The van der Waals surface area contributed by atoms with Crippen molar-refractivity contribution in [3.05, 3.63) is 46.4 Å². The summed E-state index contributed by atoms with van der Waals surface area (Å²) in [6, 6.07) is 8.79. The molecule has 0 spiro atoms. The van der Waals surface area contributed by atoms with Crippen LogP contribution in [-0.2, 0) is 0 Å². The number of nitrogens with two attached hydrogens (primary N) is 1. The fraction of sp³-hybridized carbons (Fsp3) is 0.286. The van der Waals surface area contributed by atoms with Crippen LogP contribution in [0.25, 0.3) is 10.8 Å². The molecule has 1 amide bonds. The normalized spacial score (nSPS) is 12.4. The molecule has 2 aromatic rings. The number of carbonyl (C=O) groups excluding carboxylic acids is 1. The molecule has 1 heterocycles. The summed E-state index contributed by atoms with van der Waals surface area (Å²) in [5.41, 5.74) is 5.57. The minimum atomic E-state index is -0.254. The van der Waals surface area contributed by atoms with Gasteiger partial charge in [-0.3, -0.25) is 9.59 Å². The summed E-state index contributed by atoms with van der Waals surface area (Å²) in [4.78, 5) is 28.3. The zero-order chi connectivity index (χ0) is 14.0. The van der Waals surface area contributed by atoms with E-state index in [1.54, 1.807) is 25.2 Å². The second-order valence-corrected chi connectivity index (χ2v) is 4.60. The number of nitrogens with one attached hydrogen (secondary N) is 1. The van der Waals surface area contributed by atoms with Gasteiger partial charge in [0.2, 0.25) is 0 Å². The van der Waals surface area contributed by atoms with Crippen LogP contribution in [0.2, 0.25) is 0 Å². The minimum Gasteiger partial charge on any atom is -0.336 e. The summed E-state index contributed by atoms with van der Waals surface area (Å²) < 4.78 is 0. The van der Waals surface area contributed by atoms with Crippen LogP contribution in [0.5, 0.6) is 0 Å². The Morgan fingerprint density at radius 2 is 2.11 bits per heavy atom. The topological polar surface area (TPSA) is 79.2 Å². The van der Waals surface area contributed by atoms with E-state index in [-0.39, 0.29) is 23.2 Å². The Labute approximate surface area is 111 Å². The number of likely N-dealkylation sites (N-methyl/N-ethyl adjacent to an activating group) is 1. The molecule has 0 aliphatic heterocycles. The molecule has 0 aliphatic carbocycles. The second kappa shape index (κ2) is 5.24. The monoisotopic (exact) mass is 259 g/mol. The van der Waals surface area contributed by atoms with Gasteiger partial charge in [-0.1, -0.05) is 18.2 Å². The van der Waals surface area contributed by atoms with Gasteiger partial charge < -0.3 is 15.6 Å². The summed E-state index contributed by atoms with van der Waals surface area (Å²) >= 11 is 0. The molecule has 5 heteroatoms. The van der Waals surface area contributed by atoms with Crippen molar-refractivity contribution in [2.24, 2.45) is 5.73 Å². The van der Waals surface area contributed by atoms with Gasteiger partial charge >= 0.3 is 0 Å². The van der Waals surface area contributed by atoms with Crippen LogP contribution in [0.15, 0.2) is 35.1 Å². The fourth-order valence-electron chi connectivity index (χ4n) is 1.87. The Kier molecular flexibility index (Phi) is 3.66. The molecule has 0 radical (unpaired) electrons. The van der Waals surface area contributed by atoms with Gasteiger partial charge in [0, 0.05) is 25.0 Å². The molecule has 1 unspecified atom stereocenters. The number of carbonyl (C=O) groups is 1. The first-order valence-corrected chi connectivity index (χ1v) is 6.14. The Morgan fingerprint density at radius 3 is 2.79 bits per heavy atom. The number of amides is 1. The first-order valence-electron chi connectivity index (χ1n) is 6.14. The van der Waals surface area contributed by atoms with Crippen LogP contribution in [0.1, 0.15) is 17.4 Å². The molecule has 0 aliphatic rings. The van der Waals surface area contributed by atoms with E-state index >= 15 is 0 Å². The predicted molar refractivity (Wildman–Crippen MR) is 75.2 cm³/mol. The number of aromatic amines is 1. The molecule has 19 heavy (non-hydrogen) atoms. The molecule has 0 saturated carbocycles. The maximum Gasteiger partial charge on any atom is 0.270 e. The first-order chi connectivity index (χ1) is 9.04. The molecule has 100 valence electrons. The molecule has 0 saturated heterocycles. The second-order valence-electron chi connectivity index (χ2n) is 4.60. The SMILES string of the molecule is CC(CN)N(C)C(=O)c1cc2ccccc2c(=O)[nH]1. The van der Waals surface area contributed by atoms with Crippen LogP contribution in [-0.4, -0.2) is 35.4 Å². The van der Waals surface area contributed by atoms with Gasteiger partial charge in [-0.2, -0.15) is 0 Å². The van der Waals surface area contributed by atoms with Crippen LogP contribution < -0.4 is 11.3 Å². The van der Waals surface area contributed by atoms with Crippen molar-refractivity contribution in [2.75, 3.05) is 13.6 Å². The molecule has 1 atom stereocenters. The summed E-state index contributed by atoms with van der Waals surface area (Å²) in [7, 11) is 1.67. The molecule has 2 rings (SSSR count). The number of aromatic nitrogens is 1. The molecule has 5 nitrogen and oxygen atoms in total. The maximum atomic E-state index is 12.2. The highest BCUT2D eigenvalue weighted by molar-refractivity contribution is 5.96. The molecular formula is C14H17N3O2. The molecule has 1 aromatic carbocycles. The third-order valence-electron chi connectivity index (χ3n) is 3.31. The Hall–Kier alpha value is -2.14. The van der Waals surface area contributed by atoms with Crippen molar-refractivity contribution in [1.29, 1.82) is 0 Å². The zero-order valence-electron chi connectivity index (χ0n) is 11.0. The van der Waals surface area contributed by atoms with Crippen molar-refractivity contribution >= 4 is 16.7 Å². The maximum absolute atomic E-state index is 12.2. The molecule has 1 aromatic heterocycles.